The number of hydrogen-bond donors (Lipinski definition) is 1. The normalized spacial score (nSPS) is 12.9. The molecule has 0 aromatic heterocycles. The molecule has 0 fully saturated rings. The van der Waals surface area contributed by atoms with Crippen LogP contribution in [0.25, 0.3) is 0 Å². The van der Waals surface area contributed by atoms with E-state index in [2.05, 4.69) is 19.9 Å². The van der Waals surface area contributed by atoms with Crippen molar-refractivity contribution < 1.29 is 4.74 Å². The van der Waals surface area contributed by atoms with Gasteiger partial charge in [0.15, 0.2) is 0 Å². The molecule has 78 valence electrons. The van der Waals surface area contributed by atoms with Crippen LogP contribution in [0, 0.1) is 5.92 Å². The zero-order chi connectivity index (χ0) is 10.6. The van der Waals surface area contributed by atoms with Gasteiger partial charge in [-0.25, -0.2) is 0 Å². The Kier molecular flexibility index (Phi) is 3.96. The van der Waals surface area contributed by atoms with Crippen molar-refractivity contribution in [2.24, 2.45) is 11.7 Å². The molecule has 1 atom stereocenters. The van der Waals surface area contributed by atoms with Crippen molar-refractivity contribution in [3.8, 4) is 5.75 Å². The van der Waals surface area contributed by atoms with Crippen LogP contribution in [-0.4, -0.2) is 13.2 Å². The Labute approximate surface area is 86.1 Å². The van der Waals surface area contributed by atoms with Crippen LogP contribution in [0.3, 0.4) is 0 Å². The number of benzene rings is 1. The molecule has 0 heterocycles. The number of nitrogens with two attached hydrogens (primary N) is 1. The highest BCUT2D eigenvalue weighted by atomic mass is 16.5. The minimum atomic E-state index is 0.224. The first-order chi connectivity index (χ1) is 6.63. The van der Waals surface area contributed by atoms with E-state index in [1.54, 1.807) is 7.11 Å². The van der Waals surface area contributed by atoms with E-state index in [4.69, 9.17) is 10.5 Å². The Morgan fingerprint density at radius 3 is 2.64 bits per heavy atom. The number of methoxy groups -OCH3 is 1. The lowest BCUT2D eigenvalue weighted by atomic mass is 9.97. The lowest BCUT2D eigenvalue weighted by molar-refractivity contribution is 0.413. The molecule has 1 aromatic carbocycles. The largest absolute Gasteiger partial charge is 0.497 e. The van der Waals surface area contributed by atoms with E-state index >= 15 is 0 Å². The Bertz CT molecular complexity index is 283. The van der Waals surface area contributed by atoms with Crippen molar-refractivity contribution >= 4 is 0 Å². The van der Waals surface area contributed by atoms with Crippen molar-refractivity contribution in [3.63, 3.8) is 0 Å². The van der Waals surface area contributed by atoms with Gasteiger partial charge in [-0.3, -0.25) is 0 Å². The Hall–Kier alpha value is -1.02. The molecule has 0 aliphatic heterocycles. The third-order valence-corrected chi connectivity index (χ3v) is 2.46. The van der Waals surface area contributed by atoms with Crippen molar-refractivity contribution in [1.29, 1.82) is 0 Å². The first kappa shape index (κ1) is 11.1. The highest BCUT2D eigenvalue weighted by Crippen LogP contribution is 2.15. The van der Waals surface area contributed by atoms with Crippen LogP contribution < -0.4 is 10.5 Å². The van der Waals surface area contributed by atoms with E-state index in [0.29, 0.717) is 5.92 Å². The second-order valence-electron chi connectivity index (χ2n) is 3.96. The van der Waals surface area contributed by atoms with Crippen LogP contribution in [0.4, 0.5) is 0 Å². The van der Waals surface area contributed by atoms with Crippen LogP contribution in [0.1, 0.15) is 19.4 Å². The van der Waals surface area contributed by atoms with Crippen molar-refractivity contribution in [1.82, 2.24) is 0 Å². The summed E-state index contributed by atoms with van der Waals surface area (Å²) in [6, 6.07) is 8.31. The van der Waals surface area contributed by atoms with Gasteiger partial charge in [-0.15, -0.1) is 0 Å². The minimum Gasteiger partial charge on any atom is -0.497 e. The van der Waals surface area contributed by atoms with E-state index in [1.807, 2.05) is 18.2 Å². The predicted molar refractivity (Wildman–Crippen MR) is 59.5 cm³/mol. The second-order valence-corrected chi connectivity index (χ2v) is 3.96. The molecule has 0 bridgehead atoms. The van der Waals surface area contributed by atoms with Gasteiger partial charge in [0.2, 0.25) is 0 Å². The van der Waals surface area contributed by atoms with Gasteiger partial charge >= 0.3 is 0 Å². The summed E-state index contributed by atoms with van der Waals surface area (Å²) < 4.78 is 5.16. The van der Waals surface area contributed by atoms with E-state index in [1.165, 1.54) is 5.56 Å². The molecule has 0 amide bonds. The summed E-state index contributed by atoms with van der Waals surface area (Å²) in [4.78, 5) is 0. The summed E-state index contributed by atoms with van der Waals surface area (Å²) in [6.07, 6.45) is 0.912. The Balaban J connectivity index is 2.66. The molecule has 0 aliphatic rings. The maximum atomic E-state index is 6.00. The number of ether oxygens (including phenoxy) is 1. The summed E-state index contributed by atoms with van der Waals surface area (Å²) in [6.45, 7) is 4.29. The molecule has 1 rings (SSSR count). The van der Waals surface area contributed by atoms with Gasteiger partial charge in [-0.05, 0) is 30.0 Å². The van der Waals surface area contributed by atoms with Crippen LogP contribution in [-0.2, 0) is 6.42 Å². The number of hydrogen-bond acceptors (Lipinski definition) is 2. The van der Waals surface area contributed by atoms with Crippen LogP contribution >= 0.6 is 0 Å². The topological polar surface area (TPSA) is 35.2 Å². The fourth-order valence-corrected chi connectivity index (χ4v) is 1.31. The zero-order valence-corrected chi connectivity index (χ0v) is 9.16. The molecule has 0 aliphatic carbocycles. The molecule has 2 N–H and O–H groups in total. The van der Waals surface area contributed by atoms with Crippen LogP contribution in [0.5, 0.6) is 5.75 Å². The molecule has 14 heavy (non-hydrogen) atoms. The number of rotatable bonds is 4. The van der Waals surface area contributed by atoms with Gasteiger partial charge in [0.1, 0.15) is 5.75 Å². The van der Waals surface area contributed by atoms with Crippen LogP contribution in [0.15, 0.2) is 24.3 Å². The van der Waals surface area contributed by atoms with Gasteiger partial charge < -0.3 is 10.5 Å². The lowest BCUT2D eigenvalue weighted by Gasteiger charge is -2.15. The summed E-state index contributed by atoms with van der Waals surface area (Å²) >= 11 is 0. The maximum Gasteiger partial charge on any atom is 0.119 e. The maximum absolute atomic E-state index is 6.00. The highest BCUT2D eigenvalue weighted by Gasteiger charge is 2.08. The quantitative estimate of drug-likeness (QED) is 0.795. The molecule has 0 saturated heterocycles. The van der Waals surface area contributed by atoms with Gasteiger partial charge in [0.05, 0.1) is 7.11 Å². The summed E-state index contributed by atoms with van der Waals surface area (Å²) in [7, 11) is 1.68. The molecule has 0 spiro atoms. The average Bonchev–Trinajstić information content (AvgIpc) is 2.18. The molecule has 1 unspecified atom stereocenters. The van der Waals surface area contributed by atoms with Crippen molar-refractivity contribution in [3.05, 3.63) is 29.8 Å². The summed E-state index contributed by atoms with van der Waals surface area (Å²) in [5.41, 5.74) is 7.24. The molecule has 0 saturated carbocycles. The molecule has 1 aromatic rings. The molecular weight excluding hydrogens is 174 g/mol. The van der Waals surface area contributed by atoms with E-state index in [9.17, 15) is 0 Å². The van der Waals surface area contributed by atoms with Gasteiger partial charge in [-0.1, -0.05) is 26.0 Å². The van der Waals surface area contributed by atoms with E-state index < -0.39 is 0 Å². The third-order valence-electron chi connectivity index (χ3n) is 2.46. The second kappa shape index (κ2) is 5.01. The van der Waals surface area contributed by atoms with Crippen molar-refractivity contribution in [2.75, 3.05) is 7.11 Å². The monoisotopic (exact) mass is 193 g/mol. The fraction of sp³-hybridized carbons (Fsp3) is 0.500. The Morgan fingerprint density at radius 2 is 2.07 bits per heavy atom. The van der Waals surface area contributed by atoms with E-state index in [-0.39, 0.29) is 6.04 Å². The summed E-state index contributed by atoms with van der Waals surface area (Å²) in [5.74, 6) is 1.42. The van der Waals surface area contributed by atoms with Gasteiger partial charge in [-0.2, -0.15) is 0 Å². The predicted octanol–water partition coefficient (Wildman–Crippen LogP) is 2.22. The molecule has 2 heteroatoms. The first-order valence-electron chi connectivity index (χ1n) is 5.02. The third kappa shape index (κ3) is 3.04. The van der Waals surface area contributed by atoms with Gasteiger partial charge in [0.25, 0.3) is 0 Å². The molecule has 0 radical (unpaired) electrons. The smallest absolute Gasteiger partial charge is 0.119 e. The first-order valence-corrected chi connectivity index (χ1v) is 5.02. The fourth-order valence-electron chi connectivity index (χ4n) is 1.31. The minimum absolute atomic E-state index is 0.224. The van der Waals surface area contributed by atoms with Crippen LogP contribution in [0.2, 0.25) is 0 Å². The van der Waals surface area contributed by atoms with Gasteiger partial charge in [0, 0.05) is 6.04 Å². The summed E-state index contributed by atoms with van der Waals surface area (Å²) in [5, 5.41) is 0. The molecular formula is C12H19NO. The lowest BCUT2D eigenvalue weighted by Crippen LogP contribution is -2.28. The highest BCUT2D eigenvalue weighted by molar-refractivity contribution is 5.28. The zero-order valence-electron chi connectivity index (χ0n) is 9.16. The van der Waals surface area contributed by atoms with E-state index in [0.717, 1.165) is 12.2 Å². The molecule has 2 nitrogen and oxygen atoms in total. The Morgan fingerprint density at radius 1 is 1.36 bits per heavy atom. The SMILES string of the molecule is COc1cccc(CC(N)C(C)C)c1. The van der Waals surface area contributed by atoms with Crippen molar-refractivity contribution in [2.45, 2.75) is 26.3 Å². The standard InChI is InChI=1S/C12H19NO/c1-9(2)12(13)8-10-5-4-6-11(7-10)14-3/h4-7,9,12H,8,13H2,1-3H3. The average molecular weight is 193 g/mol.